The first-order valence-electron chi connectivity index (χ1n) is 3.23. The summed E-state index contributed by atoms with van der Waals surface area (Å²) in [6.07, 6.45) is 1.43. The van der Waals surface area contributed by atoms with E-state index in [9.17, 15) is 0 Å². The van der Waals surface area contributed by atoms with Crippen molar-refractivity contribution in [1.29, 1.82) is 0 Å². The van der Waals surface area contributed by atoms with Gasteiger partial charge < -0.3 is 14.9 Å². The minimum atomic E-state index is 0.0833. The van der Waals surface area contributed by atoms with E-state index in [0.717, 1.165) is 0 Å². The minimum absolute atomic E-state index is 0.0833. The molecule has 0 spiro atoms. The fourth-order valence-electron chi connectivity index (χ4n) is 0.209. The molecule has 0 radical (unpaired) electrons. The Morgan fingerprint density at radius 3 is 2.10 bits per heavy atom. The normalized spacial score (nSPS) is 7.90. The molecule has 0 atom stereocenters. The number of rotatable bonds is 4. The molecule has 62 valence electrons. The van der Waals surface area contributed by atoms with Crippen LogP contribution >= 0.6 is 0 Å². The summed E-state index contributed by atoms with van der Waals surface area (Å²) in [5.41, 5.74) is 0. The number of hydrogen-bond acceptors (Lipinski definition) is 3. The molecule has 0 saturated heterocycles. The number of aliphatic hydroxyl groups is 2. The predicted molar refractivity (Wildman–Crippen MR) is 40.9 cm³/mol. The summed E-state index contributed by atoms with van der Waals surface area (Å²) in [6.45, 7) is 6.51. The SMILES string of the molecule is C=CCO.CCOCCO. The topological polar surface area (TPSA) is 49.7 Å². The van der Waals surface area contributed by atoms with Crippen molar-refractivity contribution in [2.24, 2.45) is 0 Å². The molecule has 10 heavy (non-hydrogen) atoms. The molecular formula is C7H16O3. The summed E-state index contributed by atoms with van der Waals surface area (Å²) in [7, 11) is 0. The van der Waals surface area contributed by atoms with Crippen LogP contribution in [0.15, 0.2) is 12.7 Å². The zero-order valence-electron chi connectivity index (χ0n) is 6.42. The Labute approximate surface area is 61.9 Å². The number of hydrogen-bond donors (Lipinski definition) is 2. The summed E-state index contributed by atoms with van der Waals surface area (Å²) in [5, 5.41) is 15.8. The molecule has 0 aromatic rings. The lowest BCUT2D eigenvalue weighted by Gasteiger charge is -1.91. The van der Waals surface area contributed by atoms with E-state index in [1.54, 1.807) is 0 Å². The van der Waals surface area contributed by atoms with Gasteiger partial charge in [-0.2, -0.15) is 0 Å². The van der Waals surface area contributed by atoms with Gasteiger partial charge in [0.15, 0.2) is 0 Å². The maximum atomic E-state index is 8.07. The highest BCUT2D eigenvalue weighted by Gasteiger charge is 1.73. The van der Waals surface area contributed by atoms with Gasteiger partial charge >= 0.3 is 0 Å². The van der Waals surface area contributed by atoms with Crippen LogP contribution in [0.4, 0.5) is 0 Å². The standard InChI is InChI=1S/C4H10O2.C3H6O/c1-2-6-4-3-5;1-2-3-4/h5H,2-4H2,1H3;2,4H,1,3H2. The van der Waals surface area contributed by atoms with Crippen molar-refractivity contribution in [3.8, 4) is 0 Å². The third-order valence-corrected chi connectivity index (χ3v) is 0.569. The fraction of sp³-hybridized carbons (Fsp3) is 0.714. The molecule has 0 amide bonds. The molecule has 0 aliphatic carbocycles. The van der Waals surface area contributed by atoms with Crippen LogP contribution in [0.3, 0.4) is 0 Å². The van der Waals surface area contributed by atoms with E-state index >= 15 is 0 Å². The molecule has 3 heteroatoms. The van der Waals surface area contributed by atoms with Crippen molar-refractivity contribution in [1.82, 2.24) is 0 Å². The van der Waals surface area contributed by atoms with Gasteiger partial charge in [-0.3, -0.25) is 0 Å². The second-order valence-corrected chi connectivity index (χ2v) is 1.39. The third kappa shape index (κ3) is 25.5. The molecule has 0 aromatic heterocycles. The average Bonchev–Trinajstić information content (AvgIpc) is 2.01. The van der Waals surface area contributed by atoms with Gasteiger partial charge in [0.2, 0.25) is 0 Å². The highest BCUT2D eigenvalue weighted by Crippen LogP contribution is 1.66. The lowest BCUT2D eigenvalue weighted by atomic mass is 10.7. The Morgan fingerprint density at radius 2 is 2.00 bits per heavy atom. The lowest BCUT2D eigenvalue weighted by molar-refractivity contribution is 0.102. The fourth-order valence-corrected chi connectivity index (χ4v) is 0.209. The van der Waals surface area contributed by atoms with Crippen molar-refractivity contribution in [2.75, 3.05) is 26.4 Å². The average molecular weight is 148 g/mol. The Hall–Kier alpha value is -0.380. The Balaban J connectivity index is 0. The van der Waals surface area contributed by atoms with E-state index in [1.807, 2.05) is 6.92 Å². The second-order valence-electron chi connectivity index (χ2n) is 1.39. The molecule has 3 nitrogen and oxygen atoms in total. The van der Waals surface area contributed by atoms with Gasteiger partial charge in [-0.05, 0) is 6.92 Å². The monoisotopic (exact) mass is 148 g/mol. The summed E-state index contributed by atoms with van der Waals surface area (Å²) >= 11 is 0. The van der Waals surface area contributed by atoms with E-state index in [1.165, 1.54) is 6.08 Å². The van der Waals surface area contributed by atoms with Crippen LogP contribution in [0.25, 0.3) is 0 Å². The molecule has 0 bridgehead atoms. The van der Waals surface area contributed by atoms with Gasteiger partial charge in [-0.25, -0.2) is 0 Å². The highest BCUT2D eigenvalue weighted by molar-refractivity contribution is 4.60. The summed E-state index contributed by atoms with van der Waals surface area (Å²) in [6, 6.07) is 0. The summed E-state index contributed by atoms with van der Waals surface area (Å²) in [5.74, 6) is 0. The van der Waals surface area contributed by atoms with Gasteiger partial charge in [-0.15, -0.1) is 6.58 Å². The Kier molecular flexibility index (Phi) is 19.5. The van der Waals surface area contributed by atoms with Crippen LogP contribution in [-0.2, 0) is 4.74 Å². The molecule has 0 heterocycles. The van der Waals surface area contributed by atoms with E-state index in [-0.39, 0.29) is 13.2 Å². The van der Waals surface area contributed by atoms with Crippen molar-refractivity contribution >= 4 is 0 Å². The largest absolute Gasteiger partial charge is 0.394 e. The third-order valence-electron chi connectivity index (χ3n) is 0.569. The van der Waals surface area contributed by atoms with Crippen LogP contribution in [0, 0.1) is 0 Å². The van der Waals surface area contributed by atoms with E-state index in [0.29, 0.717) is 13.2 Å². The zero-order chi connectivity index (χ0) is 8.24. The van der Waals surface area contributed by atoms with E-state index < -0.39 is 0 Å². The molecule has 0 saturated carbocycles. The van der Waals surface area contributed by atoms with E-state index in [4.69, 9.17) is 14.9 Å². The van der Waals surface area contributed by atoms with Crippen LogP contribution in [0.5, 0.6) is 0 Å². The predicted octanol–water partition coefficient (Wildman–Crippen LogP) is 0.180. The lowest BCUT2D eigenvalue weighted by Crippen LogP contribution is -1.96. The Bertz CT molecular complexity index is 50.8. The zero-order valence-corrected chi connectivity index (χ0v) is 6.42. The molecule has 2 N–H and O–H groups in total. The van der Waals surface area contributed by atoms with Crippen molar-refractivity contribution < 1.29 is 14.9 Å². The summed E-state index contributed by atoms with van der Waals surface area (Å²) < 4.78 is 4.73. The quantitative estimate of drug-likeness (QED) is 0.441. The first-order valence-corrected chi connectivity index (χ1v) is 3.23. The maximum Gasteiger partial charge on any atom is 0.0697 e. The number of aliphatic hydroxyl groups excluding tert-OH is 2. The molecule has 0 fully saturated rings. The number of ether oxygens (including phenoxy) is 1. The smallest absolute Gasteiger partial charge is 0.0697 e. The first kappa shape index (κ1) is 12.3. The minimum Gasteiger partial charge on any atom is -0.394 e. The Morgan fingerprint density at radius 1 is 1.50 bits per heavy atom. The molecule has 0 aliphatic rings. The first-order chi connectivity index (χ1) is 4.83. The van der Waals surface area contributed by atoms with Crippen LogP contribution in [-0.4, -0.2) is 36.6 Å². The van der Waals surface area contributed by atoms with E-state index in [2.05, 4.69) is 6.58 Å². The summed E-state index contributed by atoms with van der Waals surface area (Å²) in [4.78, 5) is 0. The second kappa shape index (κ2) is 15.8. The van der Waals surface area contributed by atoms with Gasteiger partial charge in [0.1, 0.15) is 0 Å². The molecule has 0 unspecified atom stereocenters. The molecular weight excluding hydrogens is 132 g/mol. The maximum absolute atomic E-state index is 8.07. The molecule has 0 aromatic carbocycles. The van der Waals surface area contributed by atoms with Gasteiger partial charge in [0, 0.05) is 6.61 Å². The van der Waals surface area contributed by atoms with Gasteiger partial charge in [-0.1, -0.05) is 6.08 Å². The van der Waals surface area contributed by atoms with Crippen molar-refractivity contribution in [3.63, 3.8) is 0 Å². The van der Waals surface area contributed by atoms with Crippen molar-refractivity contribution in [2.45, 2.75) is 6.92 Å². The highest BCUT2D eigenvalue weighted by atomic mass is 16.5. The van der Waals surface area contributed by atoms with Crippen LogP contribution < -0.4 is 0 Å². The van der Waals surface area contributed by atoms with Crippen molar-refractivity contribution in [3.05, 3.63) is 12.7 Å². The molecule has 0 aliphatic heterocycles. The molecule has 0 rings (SSSR count). The van der Waals surface area contributed by atoms with Gasteiger partial charge in [0.25, 0.3) is 0 Å². The van der Waals surface area contributed by atoms with Crippen LogP contribution in [0.2, 0.25) is 0 Å². The van der Waals surface area contributed by atoms with Gasteiger partial charge in [0.05, 0.1) is 19.8 Å². The van der Waals surface area contributed by atoms with Crippen LogP contribution in [0.1, 0.15) is 6.92 Å².